The molecule has 5 nitrogen and oxygen atoms in total. The monoisotopic (exact) mass is 332 g/mol. The van der Waals surface area contributed by atoms with Crippen LogP contribution in [0.4, 0.5) is 26.3 Å². The van der Waals surface area contributed by atoms with E-state index in [2.05, 4.69) is 14.5 Å². The number of nitrogens with zero attached hydrogens (tertiary/aromatic N) is 1. The molecule has 11 heteroatoms. The molecule has 1 heterocycles. The van der Waals surface area contributed by atoms with Gasteiger partial charge in [0.05, 0.1) is 6.61 Å². The molecule has 0 aromatic carbocycles. The largest absolute Gasteiger partial charge is 0.573 e. The van der Waals surface area contributed by atoms with Crippen LogP contribution in [0.15, 0.2) is 6.20 Å². The van der Waals surface area contributed by atoms with E-state index in [9.17, 15) is 31.1 Å². The summed E-state index contributed by atoms with van der Waals surface area (Å²) in [6.45, 7) is 0.411. The number of alkyl halides is 6. The van der Waals surface area contributed by atoms with Gasteiger partial charge in [0, 0.05) is 18.3 Å². The van der Waals surface area contributed by atoms with Gasteiger partial charge in [-0.15, -0.1) is 13.2 Å². The second kappa shape index (κ2) is 6.38. The van der Waals surface area contributed by atoms with E-state index in [-0.39, 0.29) is 12.8 Å². The Bertz CT molecular complexity index is 556. The van der Waals surface area contributed by atoms with Crippen LogP contribution in [0.25, 0.3) is 0 Å². The zero-order valence-corrected chi connectivity index (χ0v) is 11.0. The molecule has 1 aromatic heterocycles. The van der Waals surface area contributed by atoms with Crippen LogP contribution in [0.3, 0.4) is 0 Å². The van der Waals surface area contributed by atoms with E-state index in [0.717, 1.165) is 0 Å². The number of ether oxygens (including phenoxy) is 2. The quantitative estimate of drug-likeness (QED) is 0.678. The molecule has 0 unspecified atom stereocenters. The molecule has 0 amide bonds. The van der Waals surface area contributed by atoms with Crippen molar-refractivity contribution < 1.29 is 40.6 Å². The van der Waals surface area contributed by atoms with Crippen molar-refractivity contribution in [1.82, 2.24) is 4.98 Å². The second-order valence-electron chi connectivity index (χ2n) is 3.80. The minimum absolute atomic E-state index is 0.0620. The first kappa shape index (κ1) is 18.0. The summed E-state index contributed by atoms with van der Waals surface area (Å²) in [6.07, 6.45) is -10.5. The van der Waals surface area contributed by atoms with Crippen LogP contribution < -0.4 is 10.5 Å². The second-order valence-corrected chi connectivity index (χ2v) is 3.80. The van der Waals surface area contributed by atoms with Gasteiger partial charge < -0.3 is 15.2 Å². The summed E-state index contributed by atoms with van der Waals surface area (Å²) in [5, 5.41) is 0. The predicted molar refractivity (Wildman–Crippen MR) is 59.8 cm³/mol. The minimum atomic E-state index is -5.41. The maximum Gasteiger partial charge on any atom is 0.573 e. The molecule has 0 spiro atoms. The smallest absolute Gasteiger partial charge is 0.461 e. The number of carbonyl (C=O) groups excluding carboxylic acids is 1. The van der Waals surface area contributed by atoms with E-state index in [1.165, 1.54) is 6.92 Å². The van der Waals surface area contributed by atoms with Crippen LogP contribution in [0.1, 0.15) is 28.5 Å². The fourth-order valence-corrected chi connectivity index (χ4v) is 1.53. The van der Waals surface area contributed by atoms with Crippen molar-refractivity contribution in [3.8, 4) is 5.75 Å². The number of hydrogen-bond donors (Lipinski definition) is 1. The van der Waals surface area contributed by atoms with Crippen LogP contribution in [0.5, 0.6) is 5.75 Å². The standard InChI is InChI=1S/C11H10F6N2O3/c1-2-21-9(20)7-5(3-18)8(22-11(15,16)17)6(4-19-7)10(12,13)14/h4H,2-3,18H2,1H3. The minimum Gasteiger partial charge on any atom is -0.461 e. The Morgan fingerprint density at radius 2 is 1.86 bits per heavy atom. The molecular formula is C11H10F6N2O3. The highest BCUT2D eigenvalue weighted by molar-refractivity contribution is 5.89. The molecule has 0 atom stereocenters. The molecule has 0 bridgehead atoms. The van der Waals surface area contributed by atoms with Gasteiger partial charge in [0.15, 0.2) is 5.69 Å². The number of carbonyl (C=O) groups is 1. The number of nitrogens with two attached hydrogens (primary N) is 1. The van der Waals surface area contributed by atoms with Crippen molar-refractivity contribution in [1.29, 1.82) is 0 Å². The average molecular weight is 332 g/mol. The predicted octanol–water partition coefficient (Wildman–Crippen LogP) is 2.63. The van der Waals surface area contributed by atoms with Gasteiger partial charge in [0.25, 0.3) is 0 Å². The fraction of sp³-hybridized carbons (Fsp3) is 0.455. The summed E-state index contributed by atoms with van der Waals surface area (Å²) in [7, 11) is 0. The molecule has 0 aliphatic heterocycles. The molecule has 124 valence electrons. The Morgan fingerprint density at radius 3 is 2.27 bits per heavy atom. The summed E-state index contributed by atoms with van der Waals surface area (Å²) >= 11 is 0. The van der Waals surface area contributed by atoms with Crippen molar-refractivity contribution >= 4 is 5.97 Å². The SMILES string of the molecule is CCOC(=O)c1ncc(C(F)(F)F)c(OC(F)(F)F)c1CN. The zero-order valence-electron chi connectivity index (χ0n) is 11.0. The third-order valence-electron chi connectivity index (χ3n) is 2.32. The lowest BCUT2D eigenvalue weighted by Crippen LogP contribution is -2.24. The Morgan fingerprint density at radius 1 is 1.27 bits per heavy atom. The Labute approximate surface area is 120 Å². The number of pyridine rings is 1. The van der Waals surface area contributed by atoms with E-state index in [0.29, 0.717) is 0 Å². The van der Waals surface area contributed by atoms with Crippen molar-refractivity contribution in [2.45, 2.75) is 26.0 Å². The third kappa shape index (κ3) is 4.23. The molecule has 0 fully saturated rings. The molecular weight excluding hydrogens is 322 g/mol. The summed E-state index contributed by atoms with van der Waals surface area (Å²) in [4.78, 5) is 14.7. The van der Waals surface area contributed by atoms with Crippen molar-refractivity contribution in [2.24, 2.45) is 5.73 Å². The number of halogens is 6. The summed E-state index contributed by atoms with van der Waals surface area (Å²) in [5.74, 6) is -2.82. The molecule has 1 aromatic rings. The number of aromatic nitrogens is 1. The van der Waals surface area contributed by atoms with E-state index in [1.807, 2.05) is 0 Å². The lowest BCUT2D eigenvalue weighted by Gasteiger charge is -2.19. The zero-order chi connectivity index (χ0) is 17.1. The van der Waals surface area contributed by atoms with Crippen LogP contribution in [0, 0.1) is 0 Å². The van der Waals surface area contributed by atoms with Gasteiger partial charge in [0.1, 0.15) is 11.3 Å². The van der Waals surface area contributed by atoms with Crippen LogP contribution in [-0.2, 0) is 17.5 Å². The first-order chi connectivity index (χ1) is 10.0. The number of esters is 1. The maximum absolute atomic E-state index is 12.8. The third-order valence-corrected chi connectivity index (χ3v) is 2.32. The van der Waals surface area contributed by atoms with Crippen LogP contribution >= 0.6 is 0 Å². The van der Waals surface area contributed by atoms with Gasteiger partial charge in [-0.05, 0) is 6.92 Å². The van der Waals surface area contributed by atoms with Crippen molar-refractivity contribution in [3.63, 3.8) is 0 Å². The maximum atomic E-state index is 12.8. The van der Waals surface area contributed by atoms with Gasteiger partial charge in [-0.1, -0.05) is 0 Å². The molecule has 0 aliphatic rings. The normalized spacial score (nSPS) is 12.2. The summed E-state index contributed by atoms with van der Waals surface area (Å²) in [5.41, 5.74) is 1.75. The van der Waals surface area contributed by atoms with Gasteiger partial charge in [0.2, 0.25) is 0 Å². The van der Waals surface area contributed by atoms with Crippen molar-refractivity contribution in [2.75, 3.05) is 6.61 Å². The average Bonchev–Trinajstić information content (AvgIpc) is 2.35. The fourth-order valence-electron chi connectivity index (χ4n) is 1.53. The summed E-state index contributed by atoms with van der Waals surface area (Å²) < 4.78 is 83.3. The Balaban J connectivity index is 3.55. The Kier molecular flexibility index (Phi) is 5.22. The molecule has 1 rings (SSSR count). The number of hydrogen-bond acceptors (Lipinski definition) is 5. The van der Waals surface area contributed by atoms with Crippen LogP contribution in [0.2, 0.25) is 0 Å². The highest BCUT2D eigenvalue weighted by Gasteiger charge is 2.42. The van der Waals surface area contributed by atoms with Crippen molar-refractivity contribution in [3.05, 3.63) is 23.0 Å². The van der Waals surface area contributed by atoms with Gasteiger partial charge in [-0.3, -0.25) is 0 Å². The molecule has 0 aliphatic carbocycles. The molecule has 22 heavy (non-hydrogen) atoms. The molecule has 0 radical (unpaired) electrons. The Hall–Kier alpha value is -2.04. The number of rotatable bonds is 4. The van der Waals surface area contributed by atoms with Crippen LogP contribution in [-0.4, -0.2) is 23.9 Å². The van der Waals surface area contributed by atoms with Gasteiger partial charge >= 0.3 is 18.5 Å². The first-order valence-corrected chi connectivity index (χ1v) is 5.73. The summed E-state index contributed by atoms with van der Waals surface area (Å²) in [6, 6.07) is 0. The first-order valence-electron chi connectivity index (χ1n) is 5.73. The van der Waals surface area contributed by atoms with E-state index in [1.54, 1.807) is 0 Å². The van der Waals surface area contributed by atoms with Gasteiger partial charge in [-0.2, -0.15) is 13.2 Å². The molecule has 0 saturated carbocycles. The molecule has 0 saturated heterocycles. The van der Waals surface area contributed by atoms with Gasteiger partial charge in [-0.25, -0.2) is 9.78 Å². The highest BCUT2D eigenvalue weighted by Crippen LogP contribution is 2.40. The highest BCUT2D eigenvalue weighted by atomic mass is 19.4. The van der Waals surface area contributed by atoms with E-state index < -0.39 is 47.6 Å². The lowest BCUT2D eigenvalue weighted by molar-refractivity contribution is -0.276. The topological polar surface area (TPSA) is 74.4 Å². The van der Waals surface area contributed by atoms with E-state index in [4.69, 9.17) is 5.73 Å². The molecule has 2 N–H and O–H groups in total. The van der Waals surface area contributed by atoms with E-state index >= 15 is 0 Å². The lowest BCUT2D eigenvalue weighted by atomic mass is 10.1.